The molecule has 168 valence electrons. The van der Waals surface area contributed by atoms with Gasteiger partial charge in [-0.2, -0.15) is 0 Å². The molecule has 8 heteroatoms. The lowest BCUT2D eigenvalue weighted by molar-refractivity contribution is -0.145. The zero-order valence-electron chi connectivity index (χ0n) is 18.7. The molecule has 0 aliphatic heterocycles. The first kappa shape index (κ1) is 22.2. The molecule has 0 fully saturated rings. The summed E-state index contributed by atoms with van der Waals surface area (Å²) in [6.45, 7) is 7.47. The van der Waals surface area contributed by atoms with Crippen molar-refractivity contribution < 1.29 is 14.3 Å². The van der Waals surface area contributed by atoms with Crippen LogP contribution in [0.1, 0.15) is 60.5 Å². The molecule has 0 radical (unpaired) electrons. The van der Waals surface area contributed by atoms with Gasteiger partial charge >= 0.3 is 5.97 Å². The molecule has 1 N–H and O–H groups in total. The monoisotopic (exact) mass is 453 g/mol. The third-order valence-corrected chi connectivity index (χ3v) is 7.11. The predicted octanol–water partition coefficient (Wildman–Crippen LogP) is 4.26. The molecule has 0 saturated carbocycles. The number of nitrogens with zero attached hydrogens (tertiary/aromatic N) is 2. The summed E-state index contributed by atoms with van der Waals surface area (Å²) in [4.78, 5) is 45.5. The fraction of sp³-hybridized carbons (Fsp3) is 0.417. The molecule has 1 amide bonds. The number of hydrogen-bond acceptors (Lipinski definition) is 6. The number of hydrogen-bond donors (Lipinski definition) is 1. The summed E-state index contributed by atoms with van der Waals surface area (Å²) in [5.41, 5.74) is 2.22. The molecule has 1 aromatic carbocycles. The van der Waals surface area contributed by atoms with Crippen LogP contribution in [0.2, 0.25) is 0 Å². The molecule has 2 unspecified atom stereocenters. The van der Waals surface area contributed by atoms with E-state index in [-0.39, 0.29) is 17.4 Å². The van der Waals surface area contributed by atoms with Gasteiger partial charge < -0.3 is 10.1 Å². The maximum Gasteiger partial charge on any atom is 0.313 e. The summed E-state index contributed by atoms with van der Waals surface area (Å²) in [5, 5.41) is 3.32. The van der Waals surface area contributed by atoms with E-state index >= 15 is 0 Å². The van der Waals surface area contributed by atoms with Gasteiger partial charge in [-0.05, 0) is 64.7 Å². The maximum absolute atomic E-state index is 13.6. The number of aryl methyl sites for hydroxylation is 3. The quantitative estimate of drug-likeness (QED) is 0.583. The smallest absolute Gasteiger partial charge is 0.313 e. The van der Waals surface area contributed by atoms with Crippen molar-refractivity contribution in [3.05, 3.63) is 56.4 Å². The average molecular weight is 454 g/mol. The minimum atomic E-state index is -0.763. The van der Waals surface area contributed by atoms with Crippen molar-refractivity contribution in [3.8, 4) is 0 Å². The van der Waals surface area contributed by atoms with E-state index in [9.17, 15) is 14.4 Å². The summed E-state index contributed by atoms with van der Waals surface area (Å²) >= 11 is 1.47. The Hall–Kier alpha value is -3.00. The largest absolute Gasteiger partial charge is 0.466 e. The minimum absolute atomic E-state index is 0.284. The van der Waals surface area contributed by atoms with Crippen molar-refractivity contribution >= 4 is 39.1 Å². The molecular weight excluding hydrogens is 426 g/mol. The number of aromatic nitrogens is 2. The van der Waals surface area contributed by atoms with Crippen LogP contribution in [0.4, 0.5) is 5.69 Å². The van der Waals surface area contributed by atoms with Crippen LogP contribution >= 0.6 is 11.3 Å². The van der Waals surface area contributed by atoms with Crippen LogP contribution in [-0.2, 0) is 20.7 Å². The molecular formula is C24H27N3O4S. The molecule has 2 heterocycles. The molecule has 0 bridgehead atoms. The number of esters is 1. The highest BCUT2D eigenvalue weighted by atomic mass is 32.1. The van der Waals surface area contributed by atoms with Crippen LogP contribution in [-0.4, -0.2) is 28.0 Å². The lowest BCUT2D eigenvalue weighted by Gasteiger charge is -2.22. The second-order valence-electron chi connectivity index (χ2n) is 8.18. The summed E-state index contributed by atoms with van der Waals surface area (Å²) in [5.74, 6) is -0.591. The number of anilines is 1. The lowest BCUT2D eigenvalue weighted by atomic mass is 9.86. The van der Waals surface area contributed by atoms with Crippen LogP contribution in [0, 0.1) is 13.8 Å². The van der Waals surface area contributed by atoms with Crippen molar-refractivity contribution in [1.82, 2.24) is 9.55 Å². The highest BCUT2D eigenvalue weighted by Crippen LogP contribution is 2.41. The van der Waals surface area contributed by atoms with Crippen LogP contribution in [0.15, 0.2) is 29.1 Å². The Morgan fingerprint density at radius 3 is 2.69 bits per heavy atom. The fourth-order valence-electron chi connectivity index (χ4n) is 4.33. The highest BCUT2D eigenvalue weighted by Gasteiger charge is 2.34. The topological polar surface area (TPSA) is 90.3 Å². The zero-order valence-corrected chi connectivity index (χ0v) is 19.5. The Balaban J connectivity index is 1.76. The third kappa shape index (κ3) is 3.95. The standard InChI is InChI=1S/C24H27N3O4S/c1-5-31-24(30)17-7-6-8-18-19(17)20-22(32-18)25-15(4)27(23(20)29)14(3)21(28)26-16-11-9-13(2)10-12-16/h9-12,14,17H,5-8H2,1-4H3,(H,26,28). The van der Waals surface area contributed by atoms with E-state index in [4.69, 9.17) is 4.74 Å². The van der Waals surface area contributed by atoms with E-state index in [1.165, 1.54) is 15.9 Å². The Labute approximate surface area is 190 Å². The number of fused-ring (bicyclic) bond motifs is 3. The van der Waals surface area contributed by atoms with Gasteiger partial charge in [-0.3, -0.25) is 19.0 Å². The van der Waals surface area contributed by atoms with Gasteiger partial charge in [0.05, 0.1) is 17.9 Å². The highest BCUT2D eigenvalue weighted by molar-refractivity contribution is 7.18. The number of benzene rings is 1. The van der Waals surface area contributed by atoms with Crippen molar-refractivity contribution in [2.45, 2.75) is 58.9 Å². The third-order valence-electron chi connectivity index (χ3n) is 5.95. The van der Waals surface area contributed by atoms with Gasteiger partial charge in [-0.25, -0.2) is 4.98 Å². The Morgan fingerprint density at radius 2 is 2.00 bits per heavy atom. The zero-order chi connectivity index (χ0) is 23.0. The van der Waals surface area contributed by atoms with E-state index in [0.717, 1.165) is 28.8 Å². The molecule has 0 spiro atoms. The summed E-state index contributed by atoms with van der Waals surface area (Å²) in [7, 11) is 0. The fourth-order valence-corrected chi connectivity index (χ4v) is 5.64. The molecule has 4 rings (SSSR count). The maximum atomic E-state index is 13.6. The van der Waals surface area contributed by atoms with E-state index < -0.39 is 12.0 Å². The predicted molar refractivity (Wildman–Crippen MR) is 125 cm³/mol. The molecule has 3 aromatic rings. The number of nitrogens with one attached hydrogen (secondary N) is 1. The number of amides is 1. The average Bonchev–Trinajstić information content (AvgIpc) is 3.13. The minimum Gasteiger partial charge on any atom is -0.466 e. The second kappa shape index (κ2) is 8.86. The number of carbonyl (C=O) groups is 2. The summed E-state index contributed by atoms with van der Waals surface area (Å²) in [6, 6.07) is 6.73. The van der Waals surface area contributed by atoms with Gasteiger partial charge in [-0.1, -0.05) is 17.7 Å². The molecule has 0 saturated heterocycles. The SMILES string of the molecule is CCOC(=O)C1CCCc2sc3nc(C)n(C(C)C(=O)Nc4ccc(C)cc4)c(=O)c3c21. The van der Waals surface area contributed by atoms with Crippen LogP contribution in [0.3, 0.4) is 0 Å². The molecule has 2 aromatic heterocycles. The van der Waals surface area contributed by atoms with Gasteiger partial charge in [0.1, 0.15) is 16.7 Å². The summed E-state index contributed by atoms with van der Waals surface area (Å²) in [6.07, 6.45) is 2.33. The van der Waals surface area contributed by atoms with Gasteiger partial charge in [0.15, 0.2) is 0 Å². The van der Waals surface area contributed by atoms with Crippen molar-refractivity contribution in [3.63, 3.8) is 0 Å². The lowest BCUT2D eigenvalue weighted by Crippen LogP contribution is -2.34. The first-order valence-electron chi connectivity index (χ1n) is 10.9. The first-order chi connectivity index (χ1) is 15.3. The normalized spacial score (nSPS) is 16.4. The molecule has 32 heavy (non-hydrogen) atoms. The van der Waals surface area contributed by atoms with Crippen molar-refractivity contribution in [2.24, 2.45) is 0 Å². The number of thiophene rings is 1. The van der Waals surface area contributed by atoms with E-state index in [1.54, 1.807) is 20.8 Å². The van der Waals surface area contributed by atoms with Crippen molar-refractivity contribution in [2.75, 3.05) is 11.9 Å². The first-order valence-corrected chi connectivity index (χ1v) is 11.7. The molecule has 1 aliphatic rings. The van der Waals surface area contributed by atoms with Crippen LogP contribution in [0.25, 0.3) is 10.2 Å². The molecule has 1 aliphatic carbocycles. The number of carbonyl (C=O) groups excluding carboxylic acids is 2. The van der Waals surface area contributed by atoms with Gasteiger partial charge in [-0.15, -0.1) is 11.3 Å². The van der Waals surface area contributed by atoms with Crippen molar-refractivity contribution in [1.29, 1.82) is 0 Å². The van der Waals surface area contributed by atoms with Gasteiger partial charge in [0.2, 0.25) is 5.91 Å². The van der Waals surface area contributed by atoms with E-state index in [0.29, 0.717) is 34.8 Å². The number of ether oxygens (including phenoxy) is 1. The Bertz CT molecular complexity index is 1240. The van der Waals surface area contributed by atoms with Crippen LogP contribution in [0.5, 0.6) is 0 Å². The van der Waals surface area contributed by atoms with Gasteiger partial charge in [0.25, 0.3) is 5.56 Å². The molecule has 7 nitrogen and oxygen atoms in total. The van der Waals surface area contributed by atoms with E-state index in [1.807, 2.05) is 31.2 Å². The second-order valence-corrected chi connectivity index (χ2v) is 9.26. The van der Waals surface area contributed by atoms with Crippen LogP contribution < -0.4 is 10.9 Å². The van der Waals surface area contributed by atoms with E-state index in [2.05, 4.69) is 10.3 Å². The van der Waals surface area contributed by atoms with Gasteiger partial charge in [0, 0.05) is 10.6 Å². The summed E-state index contributed by atoms with van der Waals surface area (Å²) < 4.78 is 6.71. The Kier molecular flexibility index (Phi) is 6.15. The molecule has 2 atom stereocenters. The Morgan fingerprint density at radius 1 is 1.28 bits per heavy atom. The number of rotatable bonds is 5.